The number of hydrogen-bond donors (Lipinski definition) is 2. The number of nitrogens with zero attached hydrogens (tertiary/aromatic N) is 2. The van der Waals surface area contributed by atoms with Crippen molar-refractivity contribution in [2.75, 3.05) is 32.1 Å². The third-order valence-corrected chi connectivity index (χ3v) is 6.91. The predicted molar refractivity (Wildman–Crippen MR) is 143 cm³/mol. The molecular weight excluding hydrogens is 481 g/mol. The first-order chi connectivity index (χ1) is 17.3. The lowest BCUT2D eigenvalue weighted by atomic mass is 9.99. The number of rotatable bonds is 12. The minimum Gasteiger partial charge on any atom is -0.372 e. The number of amides is 1. The number of halogens is 3. The first-order valence-corrected chi connectivity index (χ1v) is 12.9. The first-order valence-electron chi connectivity index (χ1n) is 12.9. The van der Waals surface area contributed by atoms with Crippen LogP contribution in [0.4, 0.5) is 18.9 Å². The molecule has 1 aromatic heterocycles. The number of hydrogen-bond acceptors (Lipinski definition) is 4. The molecule has 9 heteroatoms. The van der Waals surface area contributed by atoms with E-state index in [-0.39, 0.29) is 17.7 Å². The smallest absolute Gasteiger partial charge is 0.372 e. The lowest BCUT2D eigenvalue weighted by Gasteiger charge is -2.29. The van der Waals surface area contributed by atoms with Gasteiger partial charge in [-0.25, -0.2) is 0 Å². The van der Waals surface area contributed by atoms with Crippen molar-refractivity contribution in [2.45, 2.75) is 79.1 Å². The van der Waals surface area contributed by atoms with Crippen LogP contribution in [0.25, 0.3) is 0 Å². The zero-order valence-electron chi connectivity index (χ0n) is 23.1. The van der Waals surface area contributed by atoms with Crippen LogP contribution in [0.2, 0.25) is 0 Å². The summed E-state index contributed by atoms with van der Waals surface area (Å²) in [6.45, 7) is 10.3. The molecule has 0 aliphatic carbocycles. The summed E-state index contributed by atoms with van der Waals surface area (Å²) in [4.78, 5) is 32.2. The molecule has 0 spiro atoms. The van der Waals surface area contributed by atoms with Crippen LogP contribution in [0.3, 0.4) is 0 Å². The molecule has 0 unspecified atom stereocenters. The molecule has 0 aliphatic heterocycles. The van der Waals surface area contributed by atoms with Gasteiger partial charge in [0.15, 0.2) is 0 Å². The quantitative estimate of drug-likeness (QED) is 0.382. The molecule has 206 valence electrons. The second kappa shape index (κ2) is 13.1. The number of aryl methyl sites for hydroxylation is 2. The van der Waals surface area contributed by atoms with Crippen LogP contribution in [-0.4, -0.2) is 49.0 Å². The third kappa shape index (κ3) is 8.09. The Morgan fingerprint density at radius 1 is 1.08 bits per heavy atom. The van der Waals surface area contributed by atoms with E-state index in [1.165, 1.54) is 0 Å². The van der Waals surface area contributed by atoms with Crippen LogP contribution in [-0.2, 0) is 12.7 Å². The Balaban J connectivity index is 2.34. The number of H-pyrrole nitrogens is 1. The Morgan fingerprint density at radius 2 is 1.76 bits per heavy atom. The number of aromatic amines is 1. The molecule has 0 fully saturated rings. The van der Waals surface area contributed by atoms with Crippen LogP contribution in [0.1, 0.15) is 77.8 Å². The van der Waals surface area contributed by atoms with Crippen molar-refractivity contribution in [2.24, 2.45) is 0 Å². The monoisotopic (exact) mass is 522 g/mol. The molecule has 0 radical (unpaired) electrons. The Bertz CT molecular complexity index is 1130. The summed E-state index contributed by atoms with van der Waals surface area (Å²) in [6, 6.07) is 4.25. The van der Waals surface area contributed by atoms with Crippen molar-refractivity contribution in [1.82, 2.24) is 15.2 Å². The van der Waals surface area contributed by atoms with Gasteiger partial charge in [-0.3, -0.25) is 9.59 Å². The molecule has 0 bridgehead atoms. The molecule has 0 saturated carbocycles. The Hall–Kier alpha value is -2.81. The van der Waals surface area contributed by atoms with Gasteiger partial charge >= 0.3 is 6.18 Å². The van der Waals surface area contributed by atoms with Crippen molar-refractivity contribution in [1.29, 1.82) is 0 Å². The maximum absolute atomic E-state index is 13.8. The number of anilines is 1. The number of carbonyl (C=O) groups excluding carboxylic acids is 1. The number of benzene rings is 1. The van der Waals surface area contributed by atoms with E-state index in [0.29, 0.717) is 47.2 Å². The van der Waals surface area contributed by atoms with Gasteiger partial charge in [-0.2, -0.15) is 13.2 Å². The fourth-order valence-corrected chi connectivity index (χ4v) is 4.75. The van der Waals surface area contributed by atoms with Crippen molar-refractivity contribution in [3.05, 3.63) is 62.1 Å². The summed E-state index contributed by atoms with van der Waals surface area (Å²) in [7, 11) is 4.09. The lowest BCUT2D eigenvalue weighted by Crippen LogP contribution is -2.32. The van der Waals surface area contributed by atoms with E-state index in [1.807, 2.05) is 25.9 Å². The van der Waals surface area contributed by atoms with Crippen molar-refractivity contribution >= 4 is 11.6 Å². The predicted octanol–water partition coefficient (Wildman–Crippen LogP) is 5.59. The highest BCUT2D eigenvalue weighted by Gasteiger charge is 2.33. The molecule has 1 atom stereocenters. The molecule has 0 aliphatic rings. The SMILES string of the molecule is CCC[C@H](CCCN(CC)c1cc(C(F)(F)F)cc(C(=O)NCc2c(C)cc(C)[nH]c2=O)c1C)N(C)C. The summed E-state index contributed by atoms with van der Waals surface area (Å²) < 4.78 is 41.5. The summed E-state index contributed by atoms with van der Waals surface area (Å²) in [6.07, 6.45) is -0.704. The number of aromatic nitrogens is 1. The molecule has 1 aromatic carbocycles. The van der Waals surface area contributed by atoms with Gasteiger partial charge in [-0.05, 0) is 90.4 Å². The van der Waals surface area contributed by atoms with Crippen LogP contribution >= 0.6 is 0 Å². The Kier molecular flexibility index (Phi) is 10.8. The molecule has 6 nitrogen and oxygen atoms in total. The van der Waals surface area contributed by atoms with Gasteiger partial charge in [0.1, 0.15) is 0 Å². The van der Waals surface area contributed by atoms with Gasteiger partial charge in [-0.1, -0.05) is 13.3 Å². The van der Waals surface area contributed by atoms with E-state index in [0.717, 1.165) is 37.8 Å². The highest BCUT2D eigenvalue weighted by atomic mass is 19.4. The van der Waals surface area contributed by atoms with E-state index in [9.17, 15) is 22.8 Å². The number of nitrogens with one attached hydrogen (secondary N) is 2. The summed E-state index contributed by atoms with van der Waals surface area (Å²) in [5.74, 6) is -0.643. The largest absolute Gasteiger partial charge is 0.416 e. The molecule has 1 heterocycles. The highest BCUT2D eigenvalue weighted by Crippen LogP contribution is 2.35. The van der Waals surface area contributed by atoms with Gasteiger partial charge in [-0.15, -0.1) is 0 Å². The molecule has 2 rings (SSSR count). The maximum Gasteiger partial charge on any atom is 0.416 e. The summed E-state index contributed by atoms with van der Waals surface area (Å²) >= 11 is 0. The van der Waals surface area contributed by atoms with E-state index >= 15 is 0 Å². The number of pyridine rings is 1. The van der Waals surface area contributed by atoms with E-state index in [1.54, 1.807) is 26.8 Å². The van der Waals surface area contributed by atoms with Crippen LogP contribution in [0.5, 0.6) is 0 Å². The van der Waals surface area contributed by atoms with E-state index < -0.39 is 17.6 Å². The average molecular weight is 523 g/mol. The van der Waals surface area contributed by atoms with Crippen LogP contribution in [0.15, 0.2) is 23.0 Å². The second-order valence-corrected chi connectivity index (χ2v) is 9.92. The maximum atomic E-state index is 13.8. The molecule has 37 heavy (non-hydrogen) atoms. The highest BCUT2D eigenvalue weighted by molar-refractivity contribution is 5.97. The standard InChI is InChI=1S/C28H41F3N4O2/c1-8-11-22(34(6)7)12-10-13-35(9-2)25-16-21(28(29,30)31)15-23(20(25)5)26(36)32-17-24-18(3)14-19(4)33-27(24)37/h14-16,22H,8-13,17H2,1-7H3,(H,32,36)(H,33,37)/t22-/m1/s1. The fourth-order valence-electron chi connectivity index (χ4n) is 4.75. The molecule has 2 N–H and O–H groups in total. The fraction of sp³-hybridized carbons (Fsp3) is 0.571. The molecule has 0 saturated heterocycles. The molecular formula is C28H41F3N4O2. The molecule has 1 amide bonds. The zero-order chi connectivity index (χ0) is 27.9. The second-order valence-electron chi connectivity index (χ2n) is 9.92. The third-order valence-electron chi connectivity index (χ3n) is 6.91. The van der Waals surface area contributed by atoms with Crippen molar-refractivity contribution < 1.29 is 18.0 Å². The number of carbonyl (C=O) groups is 1. The van der Waals surface area contributed by atoms with Gasteiger partial charge in [0, 0.05) is 48.2 Å². The van der Waals surface area contributed by atoms with Gasteiger partial charge in [0.2, 0.25) is 0 Å². The van der Waals surface area contributed by atoms with Crippen LogP contribution in [0, 0.1) is 20.8 Å². The van der Waals surface area contributed by atoms with Gasteiger partial charge in [0.25, 0.3) is 11.5 Å². The van der Waals surface area contributed by atoms with E-state index in [4.69, 9.17) is 0 Å². The minimum absolute atomic E-state index is 0.0402. The van der Waals surface area contributed by atoms with Crippen LogP contribution < -0.4 is 15.8 Å². The van der Waals surface area contributed by atoms with Crippen molar-refractivity contribution in [3.8, 4) is 0 Å². The summed E-state index contributed by atoms with van der Waals surface area (Å²) in [5, 5.41) is 2.65. The zero-order valence-corrected chi connectivity index (χ0v) is 23.1. The normalized spacial score (nSPS) is 12.6. The average Bonchev–Trinajstić information content (AvgIpc) is 2.79. The minimum atomic E-state index is -4.60. The van der Waals surface area contributed by atoms with Gasteiger partial charge in [0.05, 0.1) is 5.56 Å². The molecule has 2 aromatic rings. The summed E-state index contributed by atoms with van der Waals surface area (Å²) in [5.41, 5.74) is 1.45. The number of alkyl halides is 3. The van der Waals surface area contributed by atoms with Crippen molar-refractivity contribution in [3.63, 3.8) is 0 Å². The van der Waals surface area contributed by atoms with E-state index in [2.05, 4.69) is 22.1 Å². The Labute approximate surface area is 218 Å². The lowest BCUT2D eigenvalue weighted by molar-refractivity contribution is -0.137. The first kappa shape index (κ1) is 30.4. The topological polar surface area (TPSA) is 68.4 Å². The van der Waals surface area contributed by atoms with Gasteiger partial charge < -0.3 is 20.1 Å². The Morgan fingerprint density at radius 3 is 2.30 bits per heavy atom.